The quantitative estimate of drug-likeness (QED) is 0.657. The lowest BCUT2D eigenvalue weighted by atomic mass is 10.1. The zero-order valence-electron chi connectivity index (χ0n) is 14.9. The van der Waals surface area contributed by atoms with E-state index in [1.807, 2.05) is 29.7 Å². The summed E-state index contributed by atoms with van der Waals surface area (Å²) >= 11 is 1.85. The minimum atomic E-state index is 0. The molecule has 3 aromatic rings. The zero-order chi connectivity index (χ0) is 17.1. The molecule has 0 spiro atoms. The molecule has 4 nitrogen and oxygen atoms in total. The van der Waals surface area contributed by atoms with Crippen molar-refractivity contribution in [3.63, 3.8) is 0 Å². The molecule has 26 heavy (non-hydrogen) atoms. The molecule has 3 heterocycles. The van der Waals surface area contributed by atoms with Gasteiger partial charge in [-0.15, -0.1) is 23.7 Å². The molecule has 0 aliphatic carbocycles. The van der Waals surface area contributed by atoms with Crippen LogP contribution >= 0.6 is 23.7 Å². The van der Waals surface area contributed by atoms with Crippen LogP contribution in [0.3, 0.4) is 0 Å². The Morgan fingerprint density at radius 2 is 1.88 bits per heavy atom. The smallest absolute Gasteiger partial charge is 0.171 e. The second-order valence-electron chi connectivity index (χ2n) is 6.37. The Balaban J connectivity index is 0.00000196. The predicted molar refractivity (Wildman–Crippen MR) is 112 cm³/mol. The van der Waals surface area contributed by atoms with E-state index < -0.39 is 0 Å². The topological polar surface area (TPSA) is 28.6 Å². The Hall–Kier alpha value is -1.82. The van der Waals surface area contributed by atoms with Gasteiger partial charge in [-0.25, -0.2) is 4.98 Å². The van der Waals surface area contributed by atoms with E-state index in [0.717, 1.165) is 50.7 Å². The van der Waals surface area contributed by atoms with E-state index in [0.29, 0.717) is 0 Å². The molecule has 0 N–H and O–H groups in total. The number of piperazine rings is 1. The highest BCUT2D eigenvalue weighted by Gasteiger charge is 2.20. The summed E-state index contributed by atoms with van der Waals surface area (Å²) in [4.78, 5) is 9.39. The van der Waals surface area contributed by atoms with E-state index in [1.54, 1.807) is 7.11 Å². The van der Waals surface area contributed by atoms with Gasteiger partial charge in [-0.1, -0.05) is 18.2 Å². The predicted octanol–water partition coefficient (Wildman–Crippen LogP) is 4.09. The number of benzene rings is 1. The van der Waals surface area contributed by atoms with Gasteiger partial charge in [0.2, 0.25) is 0 Å². The van der Waals surface area contributed by atoms with Crippen molar-refractivity contribution in [2.45, 2.75) is 6.42 Å². The molecule has 6 heteroatoms. The van der Waals surface area contributed by atoms with Gasteiger partial charge in [0, 0.05) is 43.6 Å². The number of pyridine rings is 1. The summed E-state index contributed by atoms with van der Waals surface area (Å²) in [5, 5.41) is 3.74. The van der Waals surface area contributed by atoms with Crippen molar-refractivity contribution in [2.24, 2.45) is 0 Å². The number of ether oxygens (including phenoxy) is 1. The van der Waals surface area contributed by atoms with Gasteiger partial charge in [-0.05, 0) is 40.9 Å². The van der Waals surface area contributed by atoms with Gasteiger partial charge in [-0.3, -0.25) is 4.90 Å². The number of thiophene rings is 1. The fourth-order valence-electron chi connectivity index (χ4n) is 3.47. The van der Waals surface area contributed by atoms with Gasteiger partial charge in [0.05, 0.1) is 7.11 Å². The second kappa shape index (κ2) is 8.71. The molecule has 1 saturated heterocycles. The number of hydrogen-bond donors (Lipinski definition) is 0. The van der Waals surface area contributed by atoms with Gasteiger partial charge >= 0.3 is 0 Å². The fourth-order valence-corrected chi connectivity index (χ4v) is 4.46. The minimum Gasteiger partial charge on any atom is -0.493 e. The number of nitrogens with zero attached hydrogens (tertiary/aromatic N) is 3. The third kappa shape index (κ3) is 3.95. The minimum absolute atomic E-state index is 0. The van der Waals surface area contributed by atoms with E-state index >= 15 is 0 Å². The molecule has 1 fully saturated rings. The highest BCUT2D eigenvalue weighted by atomic mass is 35.5. The van der Waals surface area contributed by atoms with Crippen LogP contribution < -0.4 is 9.64 Å². The largest absolute Gasteiger partial charge is 0.493 e. The van der Waals surface area contributed by atoms with Crippen molar-refractivity contribution in [3.8, 4) is 5.75 Å². The first-order valence-electron chi connectivity index (χ1n) is 8.76. The van der Waals surface area contributed by atoms with E-state index in [-0.39, 0.29) is 12.4 Å². The van der Waals surface area contributed by atoms with Crippen LogP contribution in [0.2, 0.25) is 0 Å². The number of fused-ring (bicyclic) bond motifs is 1. The molecule has 0 radical (unpaired) electrons. The van der Waals surface area contributed by atoms with Crippen LogP contribution in [0, 0.1) is 0 Å². The highest BCUT2D eigenvalue weighted by Crippen LogP contribution is 2.27. The maximum absolute atomic E-state index is 5.45. The molecule has 0 amide bonds. The average molecular weight is 390 g/mol. The first-order chi connectivity index (χ1) is 12.3. The molecular formula is C20H24ClN3OS. The van der Waals surface area contributed by atoms with Crippen LogP contribution in [0.15, 0.2) is 48.0 Å². The molecule has 138 valence electrons. The lowest BCUT2D eigenvalue weighted by Crippen LogP contribution is -2.47. The summed E-state index contributed by atoms with van der Waals surface area (Å²) in [6.07, 6.45) is 2.96. The molecule has 1 aliphatic rings. The van der Waals surface area contributed by atoms with Crippen molar-refractivity contribution in [2.75, 3.05) is 44.7 Å². The third-order valence-corrected chi connectivity index (χ3v) is 5.91. The van der Waals surface area contributed by atoms with Crippen LogP contribution in [-0.2, 0) is 6.42 Å². The van der Waals surface area contributed by atoms with Gasteiger partial charge in [-0.2, -0.15) is 0 Å². The van der Waals surface area contributed by atoms with Crippen LogP contribution in [-0.4, -0.2) is 49.7 Å². The van der Waals surface area contributed by atoms with E-state index in [2.05, 4.69) is 44.4 Å². The monoisotopic (exact) mass is 389 g/mol. The fraction of sp³-hybridized carbons (Fsp3) is 0.350. The Morgan fingerprint density at radius 1 is 1.08 bits per heavy atom. The Kier molecular flexibility index (Phi) is 6.35. The molecule has 1 aromatic carbocycles. The van der Waals surface area contributed by atoms with Crippen molar-refractivity contribution in [1.29, 1.82) is 0 Å². The first kappa shape index (κ1) is 19.0. The Labute approximate surface area is 164 Å². The maximum Gasteiger partial charge on any atom is 0.171 e. The zero-order valence-corrected chi connectivity index (χ0v) is 16.6. The standard InChI is InChI=1S/C20H23N3OS.ClH/c1-24-18-6-4-9-21-20(18)23-13-11-22(12-14-23)10-8-16-15-25-19-7-3-2-5-17(16)19;/h2-7,9,15H,8,10-14H2,1H3;1H. The third-order valence-electron chi connectivity index (χ3n) is 4.90. The SMILES string of the molecule is COc1cccnc1N1CCN(CCc2csc3ccccc23)CC1.Cl. The van der Waals surface area contributed by atoms with Crippen LogP contribution in [0.1, 0.15) is 5.56 Å². The number of rotatable bonds is 5. The van der Waals surface area contributed by atoms with Crippen LogP contribution in [0.5, 0.6) is 5.75 Å². The molecule has 0 atom stereocenters. The van der Waals surface area contributed by atoms with Crippen LogP contribution in [0.25, 0.3) is 10.1 Å². The highest BCUT2D eigenvalue weighted by molar-refractivity contribution is 7.17. The number of hydrogen-bond acceptors (Lipinski definition) is 5. The van der Waals surface area contributed by atoms with Crippen LogP contribution in [0.4, 0.5) is 5.82 Å². The Morgan fingerprint density at radius 3 is 2.69 bits per heavy atom. The van der Waals surface area contributed by atoms with Gasteiger partial charge in [0.15, 0.2) is 11.6 Å². The van der Waals surface area contributed by atoms with Gasteiger partial charge in [0.25, 0.3) is 0 Å². The van der Waals surface area contributed by atoms with E-state index in [1.165, 1.54) is 15.6 Å². The molecule has 1 aliphatic heterocycles. The summed E-state index contributed by atoms with van der Waals surface area (Å²) in [6.45, 7) is 5.26. The maximum atomic E-state index is 5.45. The van der Waals surface area contributed by atoms with Crippen molar-refractivity contribution >= 4 is 39.6 Å². The van der Waals surface area contributed by atoms with E-state index in [9.17, 15) is 0 Å². The van der Waals surface area contributed by atoms with Crippen molar-refractivity contribution < 1.29 is 4.74 Å². The lowest BCUT2D eigenvalue weighted by Gasteiger charge is -2.35. The molecule has 4 rings (SSSR count). The van der Waals surface area contributed by atoms with Crippen molar-refractivity contribution in [1.82, 2.24) is 9.88 Å². The first-order valence-corrected chi connectivity index (χ1v) is 9.64. The van der Waals surface area contributed by atoms with Crippen molar-refractivity contribution in [3.05, 3.63) is 53.5 Å². The number of anilines is 1. The lowest BCUT2D eigenvalue weighted by molar-refractivity contribution is 0.259. The van der Waals surface area contributed by atoms with E-state index in [4.69, 9.17) is 4.74 Å². The number of methoxy groups -OCH3 is 1. The molecular weight excluding hydrogens is 366 g/mol. The molecule has 0 unspecified atom stereocenters. The summed E-state index contributed by atoms with van der Waals surface area (Å²) in [7, 11) is 1.71. The summed E-state index contributed by atoms with van der Waals surface area (Å²) < 4.78 is 6.84. The normalized spacial score (nSPS) is 15.0. The van der Waals surface area contributed by atoms with Gasteiger partial charge in [0.1, 0.15) is 0 Å². The second-order valence-corrected chi connectivity index (χ2v) is 7.28. The average Bonchev–Trinajstić information content (AvgIpc) is 3.10. The van der Waals surface area contributed by atoms with Gasteiger partial charge < -0.3 is 9.64 Å². The summed E-state index contributed by atoms with van der Waals surface area (Å²) in [5.41, 5.74) is 1.48. The Bertz CT molecular complexity index is 846. The summed E-state index contributed by atoms with van der Waals surface area (Å²) in [6, 6.07) is 12.6. The summed E-state index contributed by atoms with van der Waals surface area (Å²) in [5.74, 6) is 1.83. The number of halogens is 1. The molecule has 0 saturated carbocycles. The molecule has 2 aromatic heterocycles. The number of aromatic nitrogens is 1. The molecule has 0 bridgehead atoms.